The van der Waals surface area contributed by atoms with Gasteiger partial charge in [-0.05, 0) is 30.3 Å². The van der Waals surface area contributed by atoms with Crippen LogP contribution in [0.1, 0.15) is 5.56 Å². The summed E-state index contributed by atoms with van der Waals surface area (Å²) in [4.78, 5) is 0. The van der Waals surface area contributed by atoms with Gasteiger partial charge in [0.25, 0.3) is 0 Å². The Bertz CT molecular complexity index is 637. The summed E-state index contributed by atoms with van der Waals surface area (Å²) in [6, 6.07) is 10.7. The van der Waals surface area contributed by atoms with Crippen LogP contribution in [0.25, 0.3) is 0 Å². The average Bonchev–Trinajstić information content (AvgIpc) is 2.36. The second kappa shape index (κ2) is 4.94. The Kier molecular flexibility index (Phi) is 3.35. The van der Waals surface area contributed by atoms with E-state index in [-0.39, 0.29) is 16.5 Å². The van der Waals surface area contributed by atoms with Gasteiger partial charge in [-0.15, -0.1) is 0 Å². The quantitative estimate of drug-likeness (QED) is 0.839. The highest BCUT2D eigenvalue weighted by Gasteiger charge is 2.06. The molecule has 2 N–H and O–H groups in total. The maximum Gasteiger partial charge on any atom is 0.149 e. The van der Waals surface area contributed by atoms with Crippen LogP contribution in [0.5, 0.6) is 11.5 Å². The predicted octanol–water partition coefficient (Wildman–Crippen LogP) is 3.73. The first-order valence-corrected chi connectivity index (χ1v) is 5.40. The highest BCUT2D eigenvalue weighted by Crippen LogP contribution is 2.31. The Morgan fingerprint density at radius 1 is 1.22 bits per heavy atom. The van der Waals surface area contributed by atoms with Crippen molar-refractivity contribution in [3.05, 3.63) is 52.8 Å². The zero-order chi connectivity index (χ0) is 13.1. The number of nitriles is 1. The van der Waals surface area contributed by atoms with Gasteiger partial charge in [-0.25, -0.2) is 4.39 Å². The molecule has 0 fully saturated rings. The largest absolute Gasteiger partial charge is 0.456 e. The predicted molar refractivity (Wildman–Crippen MR) is 67.1 cm³/mol. The van der Waals surface area contributed by atoms with Crippen molar-refractivity contribution in [2.75, 3.05) is 5.73 Å². The SMILES string of the molecule is N#Cc1ccc(Oc2ccc(N)c(F)c2)c(Cl)c1. The van der Waals surface area contributed by atoms with Crippen molar-refractivity contribution < 1.29 is 9.13 Å². The molecular formula is C13H8ClFN2O. The van der Waals surface area contributed by atoms with Gasteiger partial charge in [-0.3, -0.25) is 0 Å². The van der Waals surface area contributed by atoms with E-state index in [0.29, 0.717) is 11.3 Å². The topological polar surface area (TPSA) is 59.0 Å². The summed E-state index contributed by atoms with van der Waals surface area (Å²) in [5, 5.41) is 8.98. The Balaban J connectivity index is 2.29. The van der Waals surface area contributed by atoms with Crippen LogP contribution in [0.15, 0.2) is 36.4 Å². The maximum atomic E-state index is 13.2. The number of hydrogen-bond acceptors (Lipinski definition) is 3. The molecule has 3 nitrogen and oxygen atoms in total. The molecule has 0 aliphatic rings. The number of nitrogens with two attached hydrogens (primary N) is 1. The highest BCUT2D eigenvalue weighted by atomic mass is 35.5. The van der Waals surface area contributed by atoms with Crippen molar-refractivity contribution in [1.29, 1.82) is 5.26 Å². The van der Waals surface area contributed by atoms with Gasteiger partial charge in [-0.1, -0.05) is 11.6 Å². The normalized spacial score (nSPS) is 9.83. The molecule has 0 amide bonds. The lowest BCUT2D eigenvalue weighted by Gasteiger charge is -2.08. The lowest BCUT2D eigenvalue weighted by Crippen LogP contribution is -1.92. The number of hydrogen-bond donors (Lipinski definition) is 1. The van der Waals surface area contributed by atoms with E-state index in [0.717, 1.165) is 0 Å². The fourth-order valence-electron chi connectivity index (χ4n) is 1.35. The van der Waals surface area contributed by atoms with E-state index in [9.17, 15) is 4.39 Å². The minimum atomic E-state index is -0.558. The summed E-state index contributed by atoms with van der Waals surface area (Å²) in [6.07, 6.45) is 0. The number of anilines is 1. The molecule has 0 aromatic heterocycles. The van der Waals surface area contributed by atoms with Crippen LogP contribution in [0.4, 0.5) is 10.1 Å². The van der Waals surface area contributed by atoms with Gasteiger partial charge in [0.1, 0.15) is 17.3 Å². The number of halogens is 2. The molecular weight excluding hydrogens is 255 g/mol. The summed E-state index contributed by atoms with van der Waals surface area (Å²) >= 11 is 5.93. The second-order valence-electron chi connectivity index (χ2n) is 3.54. The van der Waals surface area contributed by atoms with Crippen molar-refractivity contribution >= 4 is 17.3 Å². The Morgan fingerprint density at radius 2 is 2.00 bits per heavy atom. The van der Waals surface area contributed by atoms with Crippen LogP contribution >= 0.6 is 11.6 Å². The molecule has 0 aliphatic carbocycles. The maximum absolute atomic E-state index is 13.2. The molecule has 18 heavy (non-hydrogen) atoms. The fraction of sp³-hybridized carbons (Fsp3) is 0. The van der Waals surface area contributed by atoms with Crippen LogP contribution in [-0.4, -0.2) is 0 Å². The van der Waals surface area contributed by atoms with Gasteiger partial charge in [0, 0.05) is 6.07 Å². The third kappa shape index (κ3) is 2.53. The molecule has 2 rings (SSSR count). The molecule has 0 heterocycles. The molecule has 0 radical (unpaired) electrons. The molecule has 0 spiro atoms. The van der Waals surface area contributed by atoms with Gasteiger partial charge in [0.15, 0.2) is 0 Å². The van der Waals surface area contributed by atoms with E-state index in [1.807, 2.05) is 6.07 Å². The van der Waals surface area contributed by atoms with E-state index in [2.05, 4.69) is 0 Å². The molecule has 0 atom stereocenters. The number of nitrogen functional groups attached to an aromatic ring is 1. The lowest BCUT2D eigenvalue weighted by molar-refractivity contribution is 0.477. The van der Waals surface area contributed by atoms with Gasteiger partial charge in [0.2, 0.25) is 0 Å². The van der Waals surface area contributed by atoms with Crippen molar-refractivity contribution in [1.82, 2.24) is 0 Å². The van der Waals surface area contributed by atoms with Gasteiger partial charge >= 0.3 is 0 Å². The minimum Gasteiger partial charge on any atom is -0.456 e. The summed E-state index contributed by atoms with van der Waals surface area (Å²) in [5.74, 6) is 0.0745. The Hall–Kier alpha value is -2.25. The first kappa shape index (κ1) is 12.2. The molecule has 0 saturated heterocycles. The fourth-order valence-corrected chi connectivity index (χ4v) is 1.57. The van der Waals surface area contributed by atoms with E-state index in [1.54, 1.807) is 12.1 Å². The minimum absolute atomic E-state index is 0.0493. The van der Waals surface area contributed by atoms with Crippen LogP contribution < -0.4 is 10.5 Å². The third-order valence-corrected chi connectivity index (χ3v) is 2.56. The van der Waals surface area contributed by atoms with Crippen molar-refractivity contribution in [2.24, 2.45) is 0 Å². The zero-order valence-corrected chi connectivity index (χ0v) is 9.91. The van der Waals surface area contributed by atoms with E-state index in [1.165, 1.54) is 24.3 Å². The van der Waals surface area contributed by atoms with Gasteiger partial charge in [0.05, 0.1) is 22.3 Å². The van der Waals surface area contributed by atoms with Crippen molar-refractivity contribution in [3.63, 3.8) is 0 Å². The second-order valence-corrected chi connectivity index (χ2v) is 3.95. The summed E-state index contributed by atoms with van der Waals surface area (Å²) in [6.45, 7) is 0. The van der Waals surface area contributed by atoms with Crippen molar-refractivity contribution in [3.8, 4) is 17.6 Å². The molecule has 90 valence electrons. The van der Waals surface area contributed by atoms with Crippen LogP contribution in [0.3, 0.4) is 0 Å². The molecule has 0 bridgehead atoms. The van der Waals surface area contributed by atoms with Gasteiger partial charge < -0.3 is 10.5 Å². The monoisotopic (exact) mass is 262 g/mol. The first-order valence-electron chi connectivity index (χ1n) is 5.02. The Labute approximate surface area is 108 Å². The first-order chi connectivity index (χ1) is 8.60. The van der Waals surface area contributed by atoms with Crippen LogP contribution in [-0.2, 0) is 0 Å². The molecule has 0 saturated carbocycles. The summed E-state index contributed by atoms with van der Waals surface area (Å²) in [5.41, 5.74) is 5.83. The summed E-state index contributed by atoms with van der Waals surface area (Å²) in [7, 11) is 0. The number of rotatable bonds is 2. The van der Waals surface area contributed by atoms with E-state index >= 15 is 0 Å². The average molecular weight is 263 g/mol. The molecule has 2 aromatic rings. The smallest absolute Gasteiger partial charge is 0.149 e. The zero-order valence-electron chi connectivity index (χ0n) is 9.15. The van der Waals surface area contributed by atoms with E-state index in [4.69, 9.17) is 27.3 Å². The lowest BCUT2D eigenvalue weighted by atomic mass is 10.2. The third-order valence-electron chi connectivity index (χ3n) is 2.26. The molecule has 5 heteroatoms. The highest BCUT2D eigenvalue weighted by molar-refractivity contribution is 6.32. The van der Waals surface area contributed by atoms with Crippen LogP contribution in [0, 0.1) is 17.1 Å². The number of ether oxygens (including phenoxy) is 1. The van der Waals surface area contributed by atoms with Crippen LogP contribution in [0.2, 0.25) is 5.02 Å². The number of nitrogens with zero attached hydrogens (tertiary/aromatic N) is 1. The van der Waals surface area contributed by atoms with E-state index < -0.39 is 5.82 Å². The summed E-state index contributed by atoms with van der Waals surface area (Å²) < 4.78 is 18.6. The molecule has 2 aromatic carbocycles. The number of benzene rings is 2. The molecule has 0 aliphatic heterocycles. The van der Waals surface area contributed by atoms with Crippen molar-refractivity contribution in [2.45, 2.75) is 0 Å². The van der Waals surface area contributed by atoms with Gasteiger partial charge in [-0.2, -0.15) is 5.26 Å². The molecule has 0 unspecified atom stereocenters. The standard InChI is InChI=1S/C13H8ClFN2O/c14-10-5-8(7-16)1-4-13(10)18-9-2-3-12(17)11(15)6-9/h1-6H,17H2. The Morgan fingerprint density at radius 3 is 2.61 bits per heavy atom.